The summed E-state index contributed by atoms with van der Waals surface area (Å²) in [4.78, 5) is 10.7. The average molecular weight is 216 g/mol. The quantitative estimate of drug-likeness (QED) is 0.704. The number of carbonyl (C=O) groups excluding carboxylic acids is 1. The van der Waals surface area contributed by atoms with Crippen LogP contribution >= 0.6 is 0 Å². The Morgan fingerprint density at radius 2 is 2.00 bits per heavy atom. The van der Waals surface area contributed by atoms with Crippen LogP contribution in [0.4, 0.5) is 0 Å². The highest BCUT2D eigenvalue weighted by atomic mass is 16.1. The van der Waals surface area contributed by atoms with Gasteiger partial charge in [-0.25, -0.2) is 0 Å². The van der Waals surface area contributed by atoms with Crippen molar-refractivity contribution in [3.8, 4) is 0 Å². The van der Waals surface area contributed by atoms with Crippen LogP contribution in [-0.2, 0) is 17.6 Å². The molecule has 16 heavy (non-hydrogen) atoms. The lowest BCUT2D eigenvalue weighted by molar-refractivity contribution is -0.108. The van der Waals surface area contributed by atoms with E-state index < -0.39 is 0 Å². The number of fused-ring (bicyclic) bond motifs is 1. The molecule has 0 N–H and O–H groups in total. The molecular formula is C15H20O. The van der Waals surface area contributed by atoms with Gasteiger partial charge in [0.15, 0.2) is 0 Å². The van der Waals surface area contributed by atoms with Crippen LogP contribution in [0.3, 0.4) is 0 Å². The van der Waals surface area contributed by atoms with E-state index in [1.165, 1.54) is 36.0 Å². The maximum Gasteiger partial charge on any atom is 0.120 e. The fraction of sp³-hybridized carbons (Fsp3) is 0.533. The molecule has 0 spiro atoms. The monoisotopic (exact) mass is 216 g/mol. The topological polar surface area (TPSA) is 17.1 Å². The first-order valence-corrected chi connectivity index (χ1v) is 6.27. The molecule has 0 saturated carbocycles. The zero-order valence-corrected chi connectivity index (χ0v) is 10.2. The minimum Gasteiger partial charge on any atom is -0.303 e. The van der Waals surface area contributed by atoms with Gasteiger partial charge in [0.05, 0.1) is 0 Å². The number of aldehydes is 1. The maximum absolute atomic E-state index is 10.7. The summed E-state index contributed by atoms with van der Waals surface area (Å²) in [7, 11) is 0. The van der Waals surface area contributed by atoms with Gasteiger partial charge >= 0.3 is 0 Å². The van der Waals surface area contributed by atoms with Gasteiger partial charge in [0.2, 0.25) is 0 Å². The number of rotatable bonds is 4. The zero-order valence-electron chi connectivity index (χ0n) is 10.2. The lowest BCUT2D eigenvalue weighted by Gasteiger charge is -2.19. The van der Waals surface area contributed by atoms with Crippen LogP contribution in [0.15, 0.2) is 18.2 Å². The Kier molecular flexibility index (Phi) is 3.42. The molecule has 0 radical (unpaired) electrons. The Labute approximate surface area is 97.9 Å². The highest BCUT2D eigenvalue weighted by Gasteiger charge is 2.18. The molecule has 0 aromatic heterocycles. The largest absolute Gasteiger partial charge is 0.303 e. The predicted octanol–water partition coefficient (Wildman–Crippen LogP) is 3.50. The molecule has 1 heteroatoms. The fourth-order valence-corrected chi connectivity index (χ4v) is 2.72. The van der Waals surface area contributed by atoms with E-state index in [0.717, 1.165) is 6.29 Å². The summed E-state index contributed by atoms with van der Waals surface area (Å²) in [6, 6.07) is 6.81. The molecule has 0 heterocycles. The Bertz CT molecular complexity index is 379. The fourth-order valence-electron chi connectivity index (χ4n) is 2.72. The second-order valence-corrected chi connectivity index (χ2v) is 5.13. The van der Waals surface area contributed by atoms with Gasteiger partial charge in [-0.1, -0.05) is 32.0 Å². The molecule has 1 aliphatic rings. The summed E-state index contributed by atoms with van der Waals surface area (Å²) >= 11 is 0. The molecule has 2 rings (SSSR count). The van der Waals surface area contributed by atoms with Gasteiger partial charge in [-0.2, -0.15) is 0 Å². The first kappa shape index (κ1) is 11.4. The van der Waals surface area contributed by atoms with Crippen molar-refractivity contribution in [2.75, 3.05) is 0 Å². The summed E-state index contributed by atoms with van der Waals surface area (Å²) in [5, 5.41) is 0. The van der Waals surface area contributed by atoms with E-state index in [1.807, 2.05) is 0 Å². The number of hydrogen-bond acceptors (Lipinski definition) is 1. The molecule has 1 atom stereocenters. The van der Waals surface area contributed by atoms with Crippen molar-refractivity contribution in [2.24, 2.45) is 5.92 Å². The summed E-state index contributed by atoms with van der Waals surface area (Å²) in [6.45, 7) is 4.39. The van der Waals surface area contributed by atoms with Gasteiger partial charge < -0.3 is 4.79 Å². The van der Waals surface area contributed by atoms with Crippen molar-refractivity contribution in [1.29, 1.82) is 0 Å². The second kappa shape index (κ2) is 4.82. The molecule has 1 aromatic rings. The SMILES string of the molecule is CC(C)C(CC=O)c1ccc2c(c1)CCC2. The van der Waals surface area contributed by atoms with E-state index in [0.29, 0.717) is 18.3 Å². The normalized spacial score (nSPS) is 16.2. The summed E-state index contributed by atoms with van der Waals surface area (Å²) in [5.74, 6) is 0.924. The third-order valence-corrected chi connectivity index (χ3v) is 3.71. The van der Waals surface area contributed by atoms with Gasteiger partial charge in [-0.3, -0.25) is 0 Å². The predicted molar refractivity (Wildman–Crippen MR) is 66.7 cm³/mol. The van der Waals surface area contributed by atoms with Crippen molar-refractivity contribution < 1.29 is 4.79 Å². The van der Waals surface area contributed by atoms with E-state index in [4.69, 9.17) is 0 Å². The van der Waals surface area contributed by atoms with Crippen LogP contribution in [-0.4, -0.2) is 6.29 Å². The van der Waals surface area contributed by atoms with Gasteiger partial charge in [0.1, 0.15) is 6.29 Å². The Balaban J connectivity index is 2.27. The van der Waals surface area contributed by atoms with E-state index in [1.54, 1.807) is 0 Å². The van der Waals surface area contributed by atoms with Crippen molar-refractivity contribution >= 4 is 6.29 Å². The lowest BCUT2D eigenvalue weighted by Crippen LogP contribution is -2.08. The maximum atomic E-state index is 10.7. The van der Waals surface area contributed by atoms with Gasteiger partial charge in [0.25, 0.3) is 0 Å². The van der Waals surface area contributed by atoms with Gasteiger partial charge in [0, 0.05) is 6.42 Å². The molecule has 1 aliphatic carbocycles. The molecule has 0 aliphatic heterocycles. The van der Waals surface area contributed by atoms with E-state index >= 15 is 0 Å². The van der Waals surface area contributed by atoms with Crippen LogP contribution in [0.1, 0.15) is 49.3 Å². The Hall–Kier alpha value is -1.11. The molecule has 0 amide bonds. The molecule has 1 unspecified atom stereocenters. The second-order valence-electron chi connectivity index (χ2n) is 5.13. The van der Waals surface area contributed by atoms with Crippen LogP contribution in [0.2, 0.25) is 0 Å². The first-order chi connectivity index (χ1) is 7.72. The Morgan fingerprint density at radius 1 is 1.25 bits per heavy atom. The number of aryl methyl sites for hydroxylation is 2. The molecule has 0 bridgehead atoms. The molecule has 86 valence electrons. The van der Waals surface area contributed by atoms with E-state index in [2.05, 4.69) is 32.0 Å². The highest BCUT2D eigenvalue weighted by Crippen LogP contribution is 2.31. The van der Waals surface area contributed by atoms with Crippen LogP contribution in [0, 0.1) is 5.92 Å². The van der Waals surface area contributed by atoms with E-state index in [9.17, 15) is 4.79 Å². The minimum atomic E-state index is 0.392. The first-order valence-electron chi connectivity index (χ1n) is 6.27. The molecule has 1 aromatic carbocycles. The summed E-state index contributed by atoms with van der Waals surface area (Å²) < 4.78 is 0. The zero-order chi connectivity index (χ0) is 11.5. The minimum absolute atomic E-state index is 0.392. The number of benzene rings is 1. The van der Waals surface area contributed by atoms with Crippen molar-refractivity contribution in [2.45, 2.75) is 45.4 Å². The third kappa shape index (κ3) is 2.18. The molecule has 1 nitrogen and oxygen atoms in total. The van der Waals surface area contributed by atoms with Gasteiger partial charge in [-0.15, -0.1) is 0 Å². The standard InChI is InChI=1S/C15H20O/c1-11(2)15(8-9-16)14-7-6-12-4-3-5-13(12)10-14/h6-7,9-11,15H,3-5,8H2,1-2H3. The number of hydrogen-bond donors (Lipinski definition) is 0. The lowest BCUT2D eigenvalue weighted by atomic mass is 9.85. The van der Waals surface area contributed by atoms with Crippen molar-refractivity contribution in [1.82, 2.24) is 0 Å². The molecule has 0 fully saturated rings. The molecule has 0 saturated heterocycles. The average Bonchev–Trinajstić information content (AvgIpc) is 2.72. The van der Waals surface area contributed by atoms with Crippen LogP contribution < -0.4 is 0 Å². The van der Waals surface area contributed by atoms with E-state index in [-0.39, 0.29) is 0 Å². The van der Waals surface area contributed by atoms with Crippen LogP contribution in [0.5, 0.6) is 0 Å². The van der Waals surface area contributed by atoms with Crippen molar-refractivity contribution in [3.05, 3.63) is 34.9 Å². The van der Waals surface area contributed by atoms with Gasteiger partial charge in [-0.05, 0) is 47.8 Å². The van der Waals surface area contributed by atoms with Crippen molar-refractivity contribution in [3.63, 3.8) is 0 Å². The summed E-state index contributed by atoms with van der Waals surface area (Å²) in [6.07, 6.45) is 5.44. The number of carbonyl (C=O) groups is 1. The summed E-state index contributed by atoms with van der Waals surface area (Å²) in [5.41, 5.74) is 4.37. The van der Waals surface area contributed by atoms with Crippen LogP contribution in [0.25, 0.3) is 0 Å². The smallest absolute Gasteiger partial charge is 0.120 e. The third-order valence-electron chi connectivity index (χ3n) is 3.71. The highest BCUT2D eigenvalue weighted by molar-refractivity contribution is 5.52. The Morgan fingerprint density at radius 3 is 2.69 bits per heavy atom. The molecular weight excluding hydrogens is 196 g/mol.